The molecule has 1 fully saturated rings. The molecule has 3 aliphatic rings. The molecule has 7 heteroatoms. The number of benzene rings is 1. The minimum absolute atomic E-state index is 0.0941. The average Bonchev–Trinajstić information content (AvgIpc) is 2.96. The van der Waals surface area contributed by atoms with Gasteiger partial charge in [0.05, 0.1) is 16.5 Å². The summed E-state index contributed by atoms with van der Waals surface area (Å²) in [7, 11) is -3.92. The standard InChI is InChI=1S/C19H18F3NO2S/c1-12-5-7-16(8-6-12)26(24,25)23-11-14-4-2-3-13-9-15(19(20,21)22)10-17(23)18(13)14/h5-11,17-18H,2-4H2,1H3/t17-,18-/m0/s1. The first-order valence-electron chi connectivity index (χ1n) is 8.48. The van der Waals surface area contributed by atoms with Crippen LogP contribution in [-0.2, 0) is 10.0 Å². The number of alkyl halides is 3. The van der Waals surface area contributed by atoms with E-state index in [2.05, 4.69) is 0 Å². The normalized spacial score (nSPS) is 25.4. The van der Waals surface area contributed by atoms with Crippen LogP contribution in [0.4, 0.5) is 13.2 Å². The number of nitrogens with zero attached hydrogens (tertiary/aromatic N) is 1. The zero-order valence-electron chi connectivity index (χ0n) is 14.1. The third kappa shape index (κ3) is 2.69. The number of hydrogen-bond donors (Lipinski definition) is 0. The molecule has 0 saturated heterocycles. The van der Waals surface area contributed by atoms with E-state index in [1.807, 2.05) is 6.92 Å². The number of rotatable bonds is 2. The summed E-state index contributed by atoms with van der Waals surface area (Å²) in [6, 6.07) is 5.53. The minimum Gasteiger partial charge on any atom is -0.266 e. The lowest BCUT2D eigenvalue weighted by atomic mass is 9.74. The van der Waals surface area contributed by atoms with Crippen LogP contribution in [0.2, 0.25) is 0 Å². The molecule has 1 aromatic carbocycles. The van der Waals surface area contributed by atoms with Crippen molar-refractivity contribution in [2.45, 2.75) is 43.3 Å². The molecule has 3 nitrogen and oxygen atoms in total. The summed E-state index contributed by atoms with van der Waals surface area (Å²) in [5.41, 5.74) is 1.75. The van der Waals surface area contributed by atoms with Gasteiger partial charge in [0.1, 0.15) is 0 Å². The fraction of sp³-hybridized carbons (Fsp3) is 0.368. The van der Waals surface area contributed by atoms with Gasteiger partial charge in [-0.3, -0.25) is 4.31 Å². The van der Waals surface area contributed by atoms with Crippen molar-refractivity contribution in [1.82, 2.24) is 4.31 Å². The van der Waals surface area contributed by atoms with Gasteiger partial charge in [0, 0.05) is 12.1 Å². The first-order chi connectivity index (χ1) is 12.2. The Morgan fingerprint density at radius 3 is 2.38 bits per heavy atom. The molecule has 0 N–H and O–H groups in total. The Morgan fingerprint density at radius 1 is 1.08 bits per heavy atom. The highest BCUT2D eigenvalue weighted by atomic mass is 32.2. The zero-order chi connectivity index (χ0) is 18.7. The van der Waals surface area contributed by atoms with Gasteiger partial charge in [0.25, 0.3) is 10.0 Å². The second-order valence-corrected chi connectivity index (χ2v) is 8.86. The molecule has 0 aromatic heterocycles. The lowest BCUT2D eigenvalue weighted by Gasteiger charge is -2.35. The molecule has 2 atom stereocenters. The first kappa shape index (κ1) is 17.4. The SMILES string of the molecule is Cc1ccc(S(=O)(=O)N2C=C3CCCC4=CC(C(F)(F)F)=C[C@H]2[C@@H]43)cc1. The molecule has 1 saturated carbocycles. The Labute approximate surface area is 150 Å². The molecular weight excluding hydrogens is 363 g/mol. The van der Waals surface area contributed by atoms with Crippen molar-refractivity contribution >= 4 is 10.0 Å². The summed E-state index contributed by atoms with van der Waals surface area (Å²) >= 11 is 0. The van der Waals surface area contributed by atoms with Crippen molar-refractivity contribution in [2.24, 2.45) is 5.92 Å². The van der Waals surface area contributed by atoms with Crippen LogP contribution < -0.4 is 0 Å². The van der Waals surface area contributed by atoms with Crippen molar-refractivity contribution in [2.75, 3.05) is 0 Å². The molecule has 4 rings (SSSR count). The van der Waals surface area contributed by atoms with Crippen LogP contribution in [0.15, 0.2) is 64.2 Å². The van der Waals surface area contributed by atoms with Gasteiger partial charge in [-0.25, -0.2) is 8.42 Å². The van der Waals surface area contributed by atoms with E-state index in [1.54, 1.807) is 18.3 Å². The molecule has 1 heterocycles. The van der Waals surface area contributed by atoms with Crippen LogP contribution in [0.3, 0.4) is 0 Å². The summed E-state index contributed by atoms with van der Waals surface area (Å²) in [6.07, 6.45) is 1.36. The molecule has 0 unspecified atom stereocenters. The van der Waals surface area contributed by atoms with Gasteiger partial charge in [-0.1, -0.05) is 29.3 Å². The van der Waals surface area contributed by atoms with E-state index in [0.29, 0.717) is 18.4 Å². The molecule has 1 aromatic rings. The molecular formula is C19H18F3NO2S. The molecule has 0 radical (unpaired) electrons. The molecule has 1 aliphatic heterocycles. The van der Waals surface area contributed by atoms with Crippen molar-refractivity contribution in [3.05, 3.63) is 64.9 Å². The van der Waals surface area contributed by atoms with E-state index in [9.17, 15) is 21.6 Å². The van der Waals surface area contributed by atoms with E-state index in [-0.39, 0.29) is 10.8 Å². The monoisotopic (exact) mass is 381 g/mol. The minimum atomic E-state index is -4.49. The molecule has 138 valence electrons. The summed E-state index contributed by atoms with van der Waals surface area (Å²) in [5.74, 6) is -0.268. The fourth-order valence-corrected chi connectivity index (χ4v) is 5.53. The highest BCUT2D eigenvalue weighted by Gasteiger charge is 2.47. The van der Waals surface area contributed by atoms with Crippen LogP contribution >= 0.6 is 0 Å². The van der Waals surface area contributed by atoms with Gasteiger partial charge in [0.2, 0.25) is 0 Å². The Balaban J connectivity index is 1.81. The number of halogens is 3. The maximum Gasteiger partial charge on any atom is 0.416 e. The third-order valence-corrected chi connectivity index (χ3v) is 7.05. The van der Waals surface area contributed by atoms with Crippen LogP contribution in [0.5, 0.6) is 0 Å². The van der Waals surface area contributed by atoms with E-state index in [1.165, 1.54) is 18.2 Å². The lowest BCUT2D eigenvalue weighted by molar-refractivity contribution is -0.0891. The van der Waals surface area contributed by atoms with Gasteiger partial charge >= 0.3 is 6.18 Å². The van der Waals surface area contributed by atoms with E-state index in [4.69, 9.17) is 0 Å². The van der Waals surface area contributed by atoms with Crippen LogP contribution in [0.1, 0.15) is 24.8 Å². The molecule has 0 bridgehead atoms. The molecule has 2 aliphatic carbocycles. The second-order valence-electron chi connectivity index (χ2n) is 7.01. The third-order valence-electron chi connectivity index (χ3n) is 5.27. The van der Waals surface area contributed by atoms with Crippen LogP contribution in [0.25, 0.3) is 0 Å². The van der Waals surface area contributed by atoms with Crippen LogP contribution in [-0.4, -0.2) is 24.9 Å². The Bertz CT molecular complexity index is 940. The predicted octanol–water partition coefficient (Wildman–Crippen LogP) is 4.48. The largest absolute Gasteiger partial charge is 0.416 e. The summed E-state index contributed by atoms with van der Waals surface area (Å²) in [5, 5.41) is 0. The summed E-state index contributed by atoms with van der Waals surface area (Å²) in [6.45, 7) is 1.85. The van der Waals surface area contributed by atoms with Crippen LogP contribution in [0, 0.1) is 12.8 Å². The topological polar surface area (TPSA) is 37.4 Å². The second kappa shape index (κ2) is 5.74. The average molecular weight is 381 g/mol. The maximum atomic E-state index is 13.3. The van der Waals surface area contributed by atoms with Gasteiger partial charge < -0.3 is 0 Å². The number of hydrogen-bond acceptors (Lipinski definition) is 2. The molecule has 0 spiro atoms. The highest BCUT2D eigenvalue weighted by molar-refractivity contribution is 7.89. The van der Waals surface area contributed by atoms with Gasteiger partial charge in [0.15, 0.2) is 0 Å². The van der Waals surface area contributed by atoms with E-state index in [0.717, 1.165) is 27.9 Å². The molecule has 0 amide bonds. The zero-order valence-corrected chi connectivity index (χ0v) is 14.9. The predicted molar refractivity (Wildman–Crippen MR) is 91.6 cm³/mol. The number of aryl methyl sites for hydroxylation is 1. The number of allylic oxidation sites excluding steroid dienone is 2. The van der Waals surface area contributed by atoms with Crippen molar-refractivity contribution < 1.29 is 21.6 Å². The van der Waals surface area contributed by atoms with E-state index < -0.39 is 27.8 Å². The Kier molecular flexibility index (Phi) is 3.84. The van der Waals surface area contributed by atoms with Crippen molar-refractivity contribution in [3.63, 3.8) is 0 Å². The first-order valence-corrected chi connectivity index (χ1v) is 9.92. The number of sulfonamides is 1. The van der Waals surface area contributed by atoms with E-state index >= 15 is 0 Å². The fourth-order valence-electron chi connectivity index (χ4n) is 4.03. The van der Waals surface area contributed by atoms with Gasteiger partial charge in [-0.05, 0) is 50.0 Å². The molecule has 26 heavy (non-hydrogen) atoms. The maximum absolute atomic E-state index is 13.3. The summed E-state index contributed by atoms with van der Waals surface area (Å²) in [4.78, 5) is 0.0941. The lowest BCUT2D eigenvalue weighted by Crippen LogP contribution is -2.39. The van der Waals surface area contributed by atoms with Gasteiger partial charge in [-0.2, -0.15) is 13.2 Å². The smallest absolute Gasteiger partial charge is 0.266 e. The Hall–Kier alpha value is -2.02. The Morgan fingerprint density at radius 2 is 1.73 bits per heavy atom. The van der Waals surface area contributed by atoms with Crippen molar-refractivity contribution in [1.29, 1.82) is 0 Å². The van der Waals surface area contributed by atoms with Crippen molar-refractivity contribution in [3.8, 4) is 0 Å². The quantitative estimate of drug-likeness (QED) is 0.757. The highest BCUT2D eigenvalue weighted by Crippen LogP contribution is 2.49. The summed E-state index contributed by atoms with van der Waals surface area (Å²) < 4.78 is 67.3. The van der Waals surface area contributed by atoms with Gasteiger partial charge in [-0.15, -0.1) is 0 Å².